The predicted molar refractivity (Wildman–Crippen MR) is 77.1 cm³/mol. The van der Waals surface area contributed by atoms with Gasteiger partial charge in [0.15, 0.2) is 0 Å². The van der Waals surface area contributed by atoms with Gasteiger partial charge in [-0.1, -0.05) is 25.4 Å². The maximum absolute atomic E-state index is 12.1. The van der Waals surface area contributed by atoms with Crippen molar-refractivity contribution in [2.45, 2.75) is 25.9 Å². The predicted octanol–water partition coefficient (Wildman–Crippen LogP) is 2.31. The topological polar surface area (TPSA) is 88.2 Å². The van der Waals surface area contributed by atoms with Gasteiger partial charge in [0, 0.05) is 5.92 Å². The molecule has 21 heavy (non-hydrogen) atoms. The fourth-order valence-electron chi connectivity index (χ4n) is 1.67. The lowest BCUT2D eigenvalue weighted by Gasteiger charge is -2.11. The van der Waals surface area contributed by atoms with Crippen LogP contribution in [0, 0.1) is 0 Å². The summed E-state index contributed by atoms with van der Waals surface area (Å²) in [4.78, 5) is 20.3. The molecule has 6 nitrogen and oxygen atoms in total. The Hall–Kier alpha value is -1.92. The van der Waals surface area contributed by atoms with Crippen LogP contribution in [0.3, 0.4) is 0 Å². The van der Waals surface area contributed by atoms with Crippen LogP contribution in [0.2, 0.25) is 5.02 Å². The number of hydrogen-bond donors (Lipinski definition) is 2. The van der Waals surface area contributed by atoms with E-state index in [1.807, 2.05) is 13.8 Å². The average molecular weight is 310 g/mol. The SMILES string of the molecule is CC(C)c1ncc(Cl)c(C(=O)NCC(O)c2ccco2)n1. The molecule has 2 rings (SSSR count). The molecular weight excluding hydrogens is 294 g/mol. The summed E-state index contributed by atoms with van der Waals surface area (Å²) in [6.45, 7) is 3.85. The first-order valence-corrected chi connectivity index (χ1v) is 6.89. The monoisotopic (exact) mass is 309 g/mol. The normalized spacial score (nSPS) is 12.4. The summed E-state index contributed by atoms with van der Waals surface area (Å²) in [6.07, 6.45) is 1.94. The minimum absolute atomic E-state index is 0.00366. The number of carbonyl (C=O) groups excluding carboxylic acids is 1. The first-order valence-electron chi connectivity index (χ1n) is 6.51. The van der Waals surface area contributed by atoms with Gasteiger partial charge in [-0.15, -0.1) is 0 Å². The molecule has 0 bridgehead atoms. The van der Waals surface area contributed by atoms with Crippen LogP contribution in [0.15, 0.2) is 29.0 Å². The van der Waals surface area contributed by atoms with Gasteiger partial charge in [-0.25, -0.2) is 9.97 Å². The molecule has 1 unspecified atom stereocenters. The zero-order valence-electron chi connectivity index (χ0n) is 11.7. The number of carbonyl (C=O) groups is 1. The molecule has 0 spiro atoms. The number of aromatic nitrogens is 2. The van der Waals surface area contributed by atoms with E-state index in [-0.39, 0.29) is 23.2 Å². The Kier molecular flexibility index (Phi) is 4.93. The number of nitrogens with zero attached hydrogens (tertiary/aromatic N) is 2. The molecule has 2 N–H and O–H groups in total. The zero-order valence-corrected chi connectivity index (χ0v) is 12.5. The molecule has 0 fully saturated rings. The summed E-state index contributed by atoms with van der Waals surface area (Å²) in [6, 6.07) is 3.29. The molecule has 0 radical (unpaired) electrons. The van der Waals surface area contributed by atoms with Crippen LogP contribution < -0.4 is 5.32 Å². The summed E-state index contributed by atoms with van der Waals surface area (Å²) in [5.41, 5.74) is 0.0991. The highest BCUT2D eigenvalue weighted by molar-refractivity contribution is 6.33. The molecule has 0 aromatic carbocycles. The van der Waals surface area contributed by atoms with Crippen molar-refractivity contribution in [3.8, 4) is 0 Å². The van der Waals surface area contributed by atoms with Crippen LogP contribution in [-0.2, 0) is 0 Å². The van der Waals surface area contributed by atoms with E-state index in [0.29, 0.717) is 11.6 Å². The summed E-state index contributed by atoms with van der Waals surface area (Å²) in [5.74, 6) is 0.542. The minimum atomic E-state index is -0.922. The van der Waals surface area contributed by atoms with Gasteiger partial charge in [-0.05, 0) is 12.1 Å². The Morgan fingerprint density at radius 2 is 2.29 bits per heavy atom. The highest BCUT2D eigenvalue weighted by Crippen LogP contribution is 2.17. The third-order valence-electron chi connectivity index (χ3n) is 2.82. The largest absolute Gasteiger partial charge is 0.467 e. The standard InChI is InChI=1S/C14H16ClN3O3/c1-8(2)13-16-6-9(15)12(18-13)14(20)17-7-10(19)11-4-3-5-21-11/h3-6,8,10,19H,7H2,1-2H3,(H,17,20). The molecular formula is C14H16ClN3O3. The molecule has 0 aliphatic rings. The maximum atomic E-state index is 12.1. The molecule has 0 saturated heterocycles. The van der Waals surface area contributed by atoms with Gasteiger partial charge < -0.3 is 14.8 Å². The number of aliphatic hydroxyl groups is 1. The second kappa shape index (κ2) is 6.69. The fraction of sp³-hybridized carbons (Fsp3) is 0.357. The number of nitrogens with one attached hydrogen (secondary N) is 1. The van der Waals surface area contributed by atoms with Gasteiger partial charge in [-0.3, -0.25) is 4.79 Å². The Morgan fingerprint density at radius 1 is 1.52 bits per heavy atom. The Balaban J connectivity index is 2.05. The van der Waals surface area contributed by atoms with Gasteiger partial charge in [0.05, 0.1) is 24.0 Å². The van der Waals surface area contributed by atoms with E-state index in [1.165, 1.54) is 12.5 Å². The lowest BCUT2D eigenvalue weighted by Crippen LogP contribution is -2.29. The first kappa shape index (κ1) is 15.5. The minimum Gasteiger partial charge on any atom is -0.467 e. The number of amides is 1. The third-order valence-corrected chi connectivity index (χ3v) is 3.10. The maximum Gasteiger partial charge on any atom is 0.271 e. The van der Waals surface area contributed by atoms with Crippen molar-refractivity contribution in [1.29, 1.82) is 0 Å². The molecule has 2 aromatic rings. The third kappa shape index (κ3) is 3.80. The van der Waals surface area contributed by atoms with Crippen LogP contribution in [0.5, 0.6) is 0 Å². The Morgan fingerprint density at radius 3 is 2.90 bits per heavy atom. The Bertz CT molecular complexity index is 614. The molecule has 2 heterocycles. The number of halogens is 1. The van der Waals surface area contributed by atoms with Crippen molar-refractivity contribution in [2.24, 2.45) is 0 Å². The molecule has 0 aliphatic carbocycles. The molecule has 1 amide bonds. The van der Waals surface area contributed by atoms with Crippen molar-refractivity contribution >= 4 is 17.5 Å². The summed E-state index contributed by atoms with van der Waals surface area (Å²) in [7, 11) is 0. The summed E-state index contributed by atoms with van der Waals surface area (Å²) >= 11 is 5.94. The van der Waals surface area contributed by atoms with Crippen LogP contribution >= 0.6 is 11.6 Å². The molecule has 0 saturated carbocycles. The molecule has 112 valence electrons. The van der Waals surface area contributed by atoms with E-state index in [1.54, 1.807) is 12.1 Å². The highest BCUT2D eigenvalue weighted by atomic mass is 35.5. The van der Waals surface area contributed by atoms with Gasteiger partial charge in [0.1, 0.15) is 23.4 Å². The number of furan rings is 1. The second-order valence-corrected chi connectivity index (χ2v) is 5.23. The smallest absolute Gasteiger partial charge is 0.271 e. The van der Waals surface area contributed by atoms with Gasteiger partial charge >= 0.3 is 0 Å². The Labute approximate surface area is 127 Å². The van der Waals surface area contributed by atoms with Crippen molar-refractivity contribution < 1.29 is 14.3 Å². The zero-order chi connectivity index (χ0) is 15.4. The number of rotatable bonds is 5. The van der Waals surface area contributed by atoms with Crippen LogP contribution in [0.4, 0.5) is 0 Å². The van der Waals surface area contributed by atoms with E-state index in [9.17, 15) is 9.90 Å². The van der Waals surface area contributed by atoms with E-state index in [0.717, 1.165) is 0 Å². The van der Waals surface area contributed by atoms with Gasteiger partial charge in [0.2, 0.25) is 0 Å². The lowest BCUT2D eigenvalue weighted by molar-refractivity contribution is 0.0896. The van der Waals surface area contributed by atoms with Crippen molar-refractivity contribution in [3.63, 3.8) is 0 Å². The quantitative estimate of drug-likeness (QED) is 0.885. The van der Waals surface area contributed by atoms with E-state index >= 15 is 0 Å². The molecule has 2 aromatic heterocycles. The number of hydrogen-bond acceptors (Lipinski definition) is 5. The van der Waals surface area contributed by atoms with E-state index in [2.05, 4.69) is 15.3 Å². The summed E-state index contributed by atoms with van der Waals surface area (Å²) < 4.78 is 5.05. The molecule has 1 atom stereocenters. The molecule has 0 aliphatic heterocycles. The number of aliphatic hydroxyl groups excluding tert-OH is 1. The second-order valence-electron chi connectivity index (χ2n) is 4.82. The van der Waals surface area contributed by atoms with E-state index in [4.69, 9.17) is 16.0 Å². The van der Waals surface area contributed by atoms with Crippen LogP contribution in [0.25, 0.3) is 0 Å². The van der Waals surface area contributed by atoms with Gasteiger partial charge in [-0.2, -0.15) is 0 Å². The fourth-order valence-corrected chi connectivity index (χ4v) is 1.85. The van der Waals surface area contributed by atoms with E-state index < -0.39 is 12.0 Å². The highest BCUT2D eigenvalue weighted by Gasteiger charge is 2.17. The average Bonchev–Trinajstić information content (AvgIpc) is 2.98. The molecule has 7 heteroatoms. The van der Waals surface area contributed by atoms with Crippen molar-refractivity contribution in [1.82, 2.24) is 15.3 Å². The van der Waals surface area contributed by atoms with Gasteiger partial charge in [0.25, 0.3) is 5.91 Å². The van der Waals surface area contributed by atoms with Crippen LogP contribution in [0.1, 0.15) is 47.9 Å². The van der Waals surface area contributed by atoms with Crippen LogP contribution in [-0.4, -0.2) is 27.5 Å². The summed E-state index contributed by atoms with van der Waals surface area (Å²) in [5, 5.41) is 12.6. The van der Waals surface area contributed by atoms with Crippen molar-refractivity contribution in [3.05, 3.63) is 46.9 Å². The first-order chi connectivity index (χ1) is 9.99. The van der Waals surface area contributed by atoms with Crippen molar-refractivity contribution in [2.75, 3.05) is 6.54 Å². The lowest BCUT2D eigenvalue weighted by atomic mass is 10.2.